The highest BCUT2D eigenvalue weighted by atomic mass is 35.5. The SMILES string of the molecule is CN(C)c1cc(NC(=O)CN2CCN(C(=O)c3ccco3)CC2)c2ccccc2n1.Cl.Cl. The van der Waals surface area contributed by atoms with E-state index in [2.05, 4.69) is 15.2 Å². The van der Waals surface area contributed by atoms with E-state index in [0.29, 0.717) is 31.9 Å². The third kappa shape index (κ3) is 5.70. The normalized spacial score (nSPS) is 13.8. The summed E-state index contributed by atoms with van der Waals surface area (Å²) in [6.07, 6.45) is 1.50. The largest absolute Gasteiger partial charge is 0.459 e. The molecular formula is C22H27Cl2N5O3. The number of halogens is 2. The Labute approximate surface area is 199 Å². The molecule has 172 valence electrons. The molecule has 0 unspecified atom stereocenters. The summed E-state index contributed by atoms with van der Waals surface area (Å²) < 4.78 is 5.19. The van der Waals surface area contributed by atoms with Gasteiger partial charge in [-0.15, -0.1) is 24.8 Å². The van der Waals surface area contributed by atoms with Crippen molar-refractivity contribution >= 4 is 59.0 Å². The molecule has 0 bridgehead atoms. The summed E-state index contributed by atoms with van der Waals surface area (Å²) in [7, 11) is 3.85. The van der Waals surface area contributed by atoms with Crippen LogP contribution in [0, 0.1) is 0 Å². The van der Waals surface area contributed by atoms with Gasteiger partial charge in [0.2, 0.25) is 5.91 Å². The smallest absolute Gasteiger partial charge is 0.289 e. The van der Waals surface area contributed by atoms with Gasteiger partial charge in [-0.05, 0) is 18.2 Å². The van der Waals surface area contributed by atoms with Crippen LogP contribution in [0.1, 0.15) is 10.6 Å². The molecule has 8 nitrogen and oxygen atoms in total. The second-order valence-corrected chi connectivity index (χ2v) is 7.53. The fraction of sp³-hybridized carbons (Fsp3) is 0.318. The van der Waals surface area contributed by atoms with Gasteiger partial charge < -0.3 is 19.5 Å². The zero-order valence-corrected chi connectivity index (χ0v) is 19.6. The number of anilines is 2. The number of pyridine rings is 1. The Morgan fingerprint density at radius 2 is 1.78 bits per heavy atom. The zero-order valence-electron chi connectivity index (χ0n) is 18.0. The number of benzene rings is 1. The molecule has 1 aliphatic rings. The lowest BCUT2D eigenvalue weighted by Crippen LogP contribution is -2.50. The van der Waals surface area contributed by atoms with Gasteiger partial charge in [-0.25, -0.2) is 4.98 Å². The summed E-state index contributed by atoms with van der Waals surface area (Å²) in [5.74, 6) is 0.946. The molecule has 3 heterocycles. The Kier molecular flexibility index (Phi) is 8.89. The van der Waals surface area contributed by atoms with Gasteiger partial charge in [-0.3, -0.25) is 14.5 Å². The minimum absolute atomic E-state index is 0. The van der Waals surface area contributed by atoms with Gasteiger partial charge in [0.25, 0.3) is 5.91 Å². The molecule has 1 aromatic carbocycles. The number of nitrogens with one attached hydrogen (secondary N) is 1. The number of rotatable bonds is 5. The minimum atomic E-state index is -0.108. The van der Waals surface area contributed by atoms with Crippen LogP contribution < -0.4 is 10.2 Å². The Bertz CT molecular complexity index is 1050. The van der Waals surface area contributed by atoms with Crippen LogP contribution in [-0.2, 0) is 4.79 Å². The van der Waals surface area contributed by atoms with Crippen LogP contribution in [0.25, 0.3) is 10.9 Å². The van der Waals surface area contributed by atoms with Gasteiger partial charge >= 0.3 is 0 Å². The van der Waals surface area contributed by atoms with Gasteiger partial charge in [0.15, 0.2) is 5.76 Å². The van der Waals surface area contributed by atoms with Crippen LogP contribution in [0.3, 0.4) is 0 Å². The van der Waals surface area contributed by atoms with Crippen LogP contribution in [0.4, 0.5) is 11.5 Å². The average Bonchev–Trinajstić information content (AvgIpc) is 3.28. The highest BCUT2D eigenvalue weighted by molar-refractivity contribution is 6.02. The van der Waals surface area contributed by atoms with Crippen LogP contribution in [0.2, 0.25) is 0 Å². The van der Waals surface area contributed by atoms with E-state index in [9.17, 15) is 9.59 Å². The van der Waals surface area contributed by atoms with Crippen molar-refractivity contribution in [3.05, 3.63) is 54.5 Å². The summed E-state index contributed by atoms with van der Waals surface area (Å²) in [5, 5.41) is 3.95. The molecule has 1 fully saturated rings. The summed E-state index contributed by atoms with van der Waals surface area (Å²) in [5.41, 5.74) is 1.59. The van der Waals surface area contributed by atoms with E-state index in [0.717, 1.165) is 22.4 Å². The maximum atomic E-state index is 12.7. The Hall–Kier alpha value is -2.81. The quantitative estimate of drug-likeness (QED) is 0.605. The van der Waals surface area contributed by atoms with Crippen molar-refractivity contribution in [2.24, 2.45) is 0 Å². The number of furan rings is 1. The van der Waals surface area contributed by atoms with Crippen LogP contribution >= 0.6 is 24.8 Å². The van der Waals surface area contributed by atoms with E-state index in [1.165, 1.54) is 6.26 Å². The van der Waals surface area contributed by atoms with Crippen molar-refractivity contribution in [1.82, 2.24) is 14.8 Å². The summed E-state index contributed by atoms with van der Waals surface area (Å²) >= 11 is 0. The minimum Gasteiger partial charge on any atom is -0.459 e. The lowest BCUT2D eigenvalue weighted by atomic mass is 10.1. The van der Waals surface area contributed by atoms with Crippen molar-refractivity contribution in [3.8, 4) is 0 Å². The van der Waals surface area contributed by atoms with E-state index in [1.54, 1.807) is 17.0 Å². The second kappa shape index (κ2) is 11.2. The molecule has 0 radical (unpaired) electrons. The number of carbonyl (C=O) groups excluding carboxylic acids is 2. The molecular weight excluding hydrogens is 453 g/mol. The van der Waals surface area contributed by atoms with Crippen LogP contribution in [0.15, 0.2) is 53.1 Å². The number of amides is 2. The monoisotopic (exact) mass is 479 g/mol. The molecule has 2 amide bonds. The predicted molar refractivity (Wildman–Crippen MR) is 130 cm³/mol. The van der Waals surface area contributed by atoms with Crippen molar-refractivity contribution < 1.29 is 14.0 Å². The molecule has 4 rings (SSSR count). The third-order valence-electron chi connectivity index (χ3n) is 5.19. The standard InChI is InChI=1S/C22H25N5O3.2ClH/c1-25(2)20-14-18(16-6-3-4-7-17(16)23-20)24-21(28)15-26-9-11-27(12-10-26)22(29)19-8-5-13-30-19;;/h3-8,13-14H,9-12,15H2,1-2H3,(H,23,24,28);2*1H. The lowest BCUT2D eigenvalue weighted by Gasteiger charge is -2.33. The van der Waals surface area contributed by atoms with Crippen LogP contribution in [0.5, 0.6) is 0 Å². The topological polar surface area (TPSA) is 81.9 Å². The summed E-state index contributed by atoms with van der Waals surface area (Å²) in [6, 6.07) is 13.0. The van der Waals surface area contributed by atoms with Gasteiger partial charge in [0, 0.05) is 51.7 Å². The first-order valence-corrected chi connectivity index (χ1v) is 9.93. The van der Waals surface area contributed by atoms with E-state index >= 15 is 0 Å². The highest BCUT2D eigenvalue weighted by Crippen LogP contribution is 2.26. The van der Waals surface area contributed by atoms with E-state index < -0.39 is 0 Å². The first-order chi connectivity index (χ1) is 14.5. The van der Waals surface area contributed by atoms with Gasteiger partial charge in [0.05, 0.1) is 24.0 Å². The Morgan fingerprint density at radius 3 is 2.44 bits per heavy atom. The molecule has 3 aromatic rings. The zero-order chi connectivity index (χ0) is 21.1. The number of hydrogen-bond donors (Lipinski definition) is 1. The molecule has 2 aromatic heterocycles. The average molecular weight is 480 g/mol. The maximum Gasteiger partial charge on any atom is 0.289 e. The molecule has 0 aliphatic carbocycles. The number of piperazine rings is 1. The molecule has 32 heavy (non-hydrogen) atoms. The molecule has 0 spiro atoms. The first kappa shape index (κ1) is 25.5. The summed E-state index contributed by atoms with van der Waals surface area (Å²) in [4.78, 5) is 35.4. The Balaban J connectivity index is 0.00000181. The fourth-order valence-corrected chi connectivity index (χ4v) is 3.55. The van der Waals surface area contributed by atoms with Crippen molar-refractivity contribution in [2.45, 2.75) is 0 Å². The second-order valence-electron chi connectivity index (χ2n) is 7.53. The predicted octanol–water partition coefficient (Wildman–Crippen LogP) is 3.13. The van der Waals surface area contributed by atoms with Crippen molar-refractivity contribution in [1.29, 1.82) is 0 Å². The van der Waals surface area contributed by atoms with Gasteiger partial charge in [0.1, 0.15) is 5.82 Å². The van der Waals surface area contributed by atoms with Crippen molar-refractivity contribution in [2.75, 3.05) is 57.0 Å². The van der Waals surface area contributed by atoms with E-state index in [1.807, 2.05) is 49.3 Å². The summed E-state index contributed by atoms with van der Waals surface area (Å²) in [6.45, 7) is 2.68. The number of fused-ring (bicyclic) bond motifs is 1. The third-order valence-corrected chi connectivity index (χ3v) is 5.19. The first-order valence-electron chi connectivity index (χ1n) is 9.93. The fourth-order valence-electron chi connectivity index (χ4n) is 3.55. The maximum absolute atomic E-state index is 12.7. The number of carbonyl (C=O) groups is 2. The Morgan fingerprint density at radius 1 is 1.06 bits per heavy atom. The van der Waals surface area contributed by atoms with E-state index in [4.69, 9.17) is 4.42 Å². The molecule has 1 aliphatic heterocycles. The molecule has 1 N–H and O–H groups in total. The molecule has 0 atom stereocenters. The molecule has 1 saturated heterocycles. The lowest BCUT2D eigenvalue weighted by molar-refractivity contribution is -0.117. The number of hydrogen-bond acceptors (Lipinski definition) is 6. The molecule has 10 heteroatoms. The number of aromatic nitrogens is 1. The molecule has 0 saturated carbocycles. The highest BCUT2D eigenvalue weighted by Gasteiger charge is 2.24. The van der Waals surface area contributed by atoms with E-state index in [-0.39, 0.29) is 43.2 Å². The van der Waals surface area contributed by atoms with Gasteiger partial charge in [-0.1, -0.05) is 18.2 Å². The number of nitrogens with zero attached hydrogens (tertiary/aromatic N) is 4. The van der Waals surface area contributed by atoms with Gasteiger partial charge in [-0.2, -0.15) is 0 Å². The number of para-hydroxylation sites is 1. The van der Waals surface area contributed by atoms with Crippen molar-refractivity contribution in [3.63, 3.8) is 0 Å². The van der Waals surface area contributed by atoms with Crippen LogP contribution in [-0.4, -0.2) is 73.4 Å².